The van der Waals surface area contributed by atoms with Crippen molar-refractivity contribution in [2.24, 2.45) is 0 Å². The molecule has 0 aliphatic heterocycles. The Labute approximate surface area is 124 Å². The van der Waals surface area contributed by atoms with Crippen molar-refractivity contribution in [1.29, 1.82) is 0 Å². The van der Waals surface area contributed by atoms with Crippen LogP contribution in [0.5, 0.6) is 0 Å². The molecule has 1 atom stereocenters. The summed E-state index contributed by atoms with van der Waals surface area (Å²) < 4.78 is 0. The van der Waals surface area contributed by atoms with Crippen molar-refractivity contribution >= 4 is 11.3 Å². The molecule has 0 aliphatic rings. The molecule has 0 amide bonds. The van der Waals surface area contributed by atoms with E-state index >= 15 is 0 Å². The zero-order valence-electron chi connectivity index (χ0n) is 12.3. The number of aliphatic hydroxyl groups excluding tert-OH is 1. The number of hydrogen-bond donors (Lipinski definition) is 2. The van der Waals surface area contributed by atoms with Gasteiger partial charge in [0.1, 0.15) is 5.01 Å². The molecule has 108 valence electrons. The first-order chi connectivity index (χ1) is 9.60. The van der Waals surface area contributed by atoms with Crippen LogP contribution in [0.1, 0.15) is 54.6 Å². The lowest BCUT2D eigenvalue weighted by atomic mass is 10.1. The third-order valence-electron chi connectivity index (χ3n) is 3.35. The summed E-state index contributed by atoms with van der Waals surface area (Å²) in [5, 5.41) is 15.9. The molecule has 1 unspecified atom stereocenters. The molecule has 0 saturated heterocycles. The molecule has 1 heterocycles. The van der Waals surface area contributed by atoms with Crippen molar-refractivity contribution in [2.75, 3.05) is 0 Å². The van der Waals surface area contributed by atoms with Crippen LogP contribution < -0.4 is 5.32 Å². The summed E-state index contributed by atoms with van der Waals surface area (Å²) in [5.41, 5.74) is 3.31. The highest BCUT2D eigenvalue weighted by atomic mass is 32.1. The molecule has 20 heavy (non-hydrogen) atoms. The fourth-order valence-electron chi connectivity index (χ4n) is 1.99. The standard InChI is InChI=1S/C16H22N2OS/c1-11(2)15-10-20-16(18-15)8-17-12(3)14-6-4-5-13(7-14)9-19/h4-7,10-12,17,19H,8-9H2,1-3H3. The Hall–Kier alpha value is -1.23. The van der Waals surface area contributed by atoms with Gasteiger partial charge in [0.2, 0.25) is 0 Å². The van der Waals surface area contributed by atoms with E-state index in [-0.39, 0.29) is 12.6 Å². The van der Waals surface area contributed by atoms with Gasteiger partial charge in [0.15, 0.2) is 0 Å². The second-order valence-corrected chi connectivity index (χ2v) is 6.27. The Bertz CT molecular complexity index is 551. The second kappa shape index (κ2) is 6.97. The summed E-state index contributed by atoms with van der Waals surface area (Å²) in [6.07, 6.45) is 0. The van der Waals surface area contributed by atoms with E-state index in [0.29, 0.717) is 5.92 Å². The number of rotatable bonds is 6. The van der Waals surface area contributed by atoms with Gasteiger partial charge in [-0.3, -0.25) is 0 Å². The molecular formula is C16H22N2OS. The Morgan fingerprint density at radius 3 is 2.75 bits per heavy atom. The van der Waals surface area contributed by atoms with Gasteiger partial charge in [-0.25, -0.2) is 4.98 Å². The van der Waals surface area contributed by atoms with Gasteiger partial charge in [-0.15, -0.1) is 11.3 Å². The first-order valence-corrected chi connectivity index (χ1v) is 7.85. The normalized spacial score (nSPS) is 12.8. The van der Waals surface area contributed by atoms with Crippen LogP contribution in [0.25, 0.3) is 0 Å². The highest BCUT2D eigenvalue weighted by Gasteiger charge is 2.09. The molecule has 0 fully saturated rings. The molecule has 2 rings (SSSR count). The molecule has 0 saturated carbocycles. The van der Waals surface area contributed by atoms with E-state index in [1.54, 1.807) is 11.3 Å². The minimum Gasteiger partial charge on any atom is -0.392 e. The maximum Gasteiger partial charge on any atom is 0.107 e. The maximum atomic E-state index is 9.18. The monoisotopic (exact) mass is 290 g/mol. The van der Waals surface area contributed by atoms with Gasteiger partial charge in [0.05, 0.1) is 12.3 Å². The summed E-state index contributed by atoms with van der Waals surface area (Å²) in [6, 6.07) is 8.29. The molecule has 2 aromatic rings. The van der Waals surface area contributed by atoms with Crippen LogP contribution in [0.15, 0.2) is 29.6 Å². The Balaban J connectivity index is 1.95. The van der Waals surface area contributed by atoms with Gasteiger partial charge in [-0.2, -0.15) is 0 Å². The fourth-order valence-corrected chi connectivity index (χ4v) is 2.90. The number of thiazole rings is 1. The smallest absolute Gasteiger partial charge is 0.107 e. The Kier molecular flexibility index (Phi) is 5.29. The minimum atomic E-state index is 0.0881. The maximum absolute atomic E-state index is 9.18. The highest BCUT2D eigenvalue weighted by molar-refractivity contribution is 7.09. The average Bonchev–Trinajstić information content (AvgIpc) is 2.94. The summed E-state index contributed by atoms with van der Waals surface area (Å²) in [7, 11) is 0. The summed E-state index contributed by atoms with van der Waals surface area (Å²) in [6.45, 7) is 7.32. The molecule has 0 spiro atoms. The molecule has 0 bridgehead atoms. The van der Waals surface area contributed by atoms with Gasteiger partial charge >= 0.3 is 0 Å². The van der Waals surface area contributed by atoms with Gasteiger partial charge in [0, 0.05) is 18.0 Å². The van der Waals surface area contributed by atoms with Crippen LogP contribution in [0, 0.1) is 0 Å². The van der Waals surface area contributed by atoms with E-state index < -0.39 is 0 Å². The van der Waals surface area contributed by atoms with Crippen molar-refractivity contribution in [2.45, 2.75) is 45.9 Å². The molecule has 4 heteroatoms. The molecule has 3 nitrogen and oxygen atoms in total. The topological polar surface area (TPSA) is 45.1 Å². The molecule has 0 aliphatic carbocycles. The summed E-state index contributed by atoms with van der Waals surface area (Å²) in [4.78, 5) is 4.63. The van der Waals surface area contributed by atoms with E-state index in [2.05, 4.69) is 42.5 Å². The molecule has 0 radical (unpaired) electrons. The number of nitrogens with zero attached hydrogens (tertiary/aromatic N) is 1. The number of benzene rings is 1. The lowest BCUT2D eigenvalue weighted by Crippen LogP contribution is -2.18. The van der Waals surface area contributed by atoms with Crippen LogP contribution in [0.3, 0.4) is 0 Å². The van der Waals surface area contributed by atoms with E-state index in [4.69, 9.17) is 0 Å². The van der Waals surface area contributed by atoms with Gasteiger partial charge in [-0.05, 0) is 24.0 Å². The zero-order valence-corrected chi connectivity index (χ0v) is 13.1. The van der Waals surface area contributed by atoms with Crippen molar-refractivity contribution in [3.63, 3.8) is 0 Å². The Morgan fingerprint density at radius 2 is 2.10 bits per heavy atom. The first kappa shape index (κ1) is 15.2. The summed E-state index contributed by atoms with van der Waals surface area (Å²) in [5.74, 6) is 0.485. The van der Waals surface area contributed by atoms with Gasteiger partial charge in [0.25, 0.3) is 0 Å². The van der Waals surface area contributed by atoms with Gasteiger partial charge in [-0.1, -0.05) is 38.1 Å². The van der Waals surface area contributed by atoms with E-state index in [0.717, 1.165) is 17.1 Å². The van der Waals surface area contributed by atoms with Gasteiger partial charge < -0.3 is 10.4 Å². The number of aliphatic hydroxyl groups is 1. The van der Waals surface area contributed by atoms with Crippen molar-refractivity contribution in [3.8, 4) is 0 Å². The fraction of sp³-hybridized carbons (Fsp3) is 0.438. The van der Waals surface area contributed by atoms with Crippen LogP contribution >= 0.6 is 11.3 Å². The number of aromatic nitrogens is 1. The largest absolute Gasteiger partial charge is 0.392 e. The van der Waals surface area contributed by atoms with Crippen LogP contribution in [-0.4, -0.2) is 10.1 Å². The van der Waals surface area contributed by atoms with E-state index in [9.17, 15) is 5.11 Å². The number of nitrogens with one attached hydrogen (secondary N) is 1. The Morgan fingerprint density at radius 1 is 1.30 bits per heavy atom. The van der Waals surface area contributed by atoms with Crippen LogP contribution in [0.4, 0.5) is 0 Å². The third-order valence-corrected chi connectivity index (χ3v) is 4.22. The number of hydrogen-bond acceptors (Lipinski definition) is 4. The minimum absolute atomic E-state index is 0.0881. The third kappa shape index (κ3) is 3.88. The lowest BCUT2D eigenvalue weighted by Gasteiger charge is -2.14. The predicted octanol–water partition coefficient (Wildman–Crippen LogP) is 3.61. The molecule has 1 aromatic carbocycles. The lowest BCUT2D eigenvalue weighted by molar-refractivity contribution is 0.281. The first-order valence-electron chi connectivity index (χ1n) is 6.97. The van der Waals surface area contributed by atoms with E-state index in [1.807, 2.05) is 18.2 Å². The van der Waals surface area contributed by atoms with Crippen molar-refractivity contribution in [1.82, 2.24) is 10.3 Å². The molecular weight excluding hydrogens is 268 g/mol. The SMILES string of the molecule is CC(C)c1csc(CNC(C)c2cccc(CO)c2)n1. The second-order valence-electron chi connectivity index (χ2n) is 5.33. The van der Waals surface area contributed by atoms with Crippen LogP contribution in [-0.2, 0) is 13.2 Å². The van der Waals surface area contributed by atoms with Crippen molar-refractivity contribution in [3.05, 3.63) is 51.5 Å². The van der Waals surface area contributed by atoms with Crippen molar-refractivity contribution < 1.29 is 5.11 Å². The molecule has 1 aromatic heterocycles. The quantitative estimate of drug-likeness (QED) is 0.854. The predicted molar refractivity (Wildman–Crippen MR) is 83.8 cm³/mol. The summed E-state index contributed by atoms with van der Waals surface area (Å²) >= 11 is 1.71. The zero-order chi connectivity index (χ0) is 14.5. The molecule has 2 N–H and O–H groups in total. The van der Waals surface area contributed by atoms with Crippen LogP contribution in [0.2, 0.25) is 0 Å². The highest BCUT2D eigenvalue weighted by Crippen LogP contribution is 2.19. The average molecular weight is 290 g/mol. The van der Waals surface area contributed by atoms with E-state index in [1.165, 1.54) is 11.3 Å².